The van der Waals surface area contributed by atoms with Crippen molar-refractivity contribution in [2.45, 2.75) is 5.41 Å². The number of carbonyl (C=O) groups excluding carboxylic acids is 6. The third-order valence-electron chi connectivity index (χ3n) is 9.93. The minimum Gasteiger partial charge on any atom is -0.386 e. The Morgan fingerprint density at radius 1 is 0.373 bits per heavy atom. The molecule has 0 bridgehead atoms. The largest absolute Gasteiger partial charge is 0.386 e. The summed E-state index contributed by atoms with van der Waals surface area (Å²) in [7, 11) is 0. The van der Waals surface area contributed by atoms with Gasteiger partial charge in [0.1, 0.15) is 0 Å². The molecular formula is C43H22O8. The Kier molecular flexibility index (Phi) is 6.47. The summed E-state index contributed by atoms with van der Waals surface area (Å²) in [5.41, 5.74) is 6.86. The van der Waals surface area contributed by atoms with E-state index in [9.17, 15) is 28.8 Å². The molecule has 0 fully saturated rings. The number of hydrogen-bond donors (Lipinski definition) is 0. The lowest BCUT2D eigenvalue weighted by atomic mass is 9.67. The molecule has 0 spiro atoms. The minimum absolute atomic E-state index is 0.0660. The third-order valence-corrected chi connectivity index (χ3v) is 9.93. The Bertz CT molecular complexity index is 2400. The number of carbonyl (C=O) groups is 6. The smallest absolute Gasteiger partial charge is 0.346 e. The standard InChI is InChI=1S/C43H22O8/c44-37(25-13-19-31-33(21-25)41(48)50-39(31)46)23-9-15-27(16-10-23)43(35-7-3-1-5-29(35)30-6-2-4-8-36(30)43)28-17-11-24(12-18-28)38(45)26-14-20-32-34(22-26)42(49)51-40(32)47/h1-22H. The fourth-order valence-corrected chi connectivity index (χ4v) is 7.55. The number of ketones is 2. The molecule has 0 N–H and O–H groups in total. The average Bonchev–Trinajstić information content (AvgIpc) is 3.75. The van der Waals surface area contributed by atoms with Gasteiger partial charge < -0.3 is 9.47 Å². The van der Waals surface area contributed by atoms with Gasteiger partial charge in [0.2, 0.25) is 0 Å². The van der Waals surface area contributed by atoms with Crippen molar-refractivity contribution in [2.75, 3.05) is 0 Å². The normalized spacial score (nSPS) is 14.7. The van der Waals surface area contributed by atoms with Gasteiger partial charge in [0.05, 0.1) is 27.7 Å². The van der Waals surface area contributed by atoms with Crippen molar-refractivity contribution >= 4 is 35.4 Å². The second-order valence-corrected chi connectivity index (χ2v) is 12.5. The van der Waals surface area contributed by atoms with Gasteiger partial charge in [0.25, 0.3) is 0 Å². The van der Waals surface area contributed by atoms with Crippen LogP contribution in [0, 0.1) is 0 Å². The molecule has 1 aliphatic carbocycles. The highest BCUT2D eigenvalue weighted by molar-refractivity contribution is 6.18. The van der Waals surface area contributed by atoms with Gasteiger partial charge in [-0.15, -0.1) is 0 Å². The van der Waals surface area contributed by atoms with Crippen LogP contribution in [0.15, 0.2) is 133 Å². The molecule has 3 aliphatic rings. The summed E-state index contributed by atoms with van der Waals surface area (Å²) >= 11 is 0. The number of esters is 4. The van der Waals surface area contributed by atoms with Crippen molar-refractivity contribution in [3.05, 3.63) is 200 Å². The Balaban J connectivity index is 1.14. The molecule has 0 aromatic heterocycles. The third kappa shape index (κ3) is 4.33. The number of rotatable bonds is 6. The Morgan fingerprint density at radius 3 is 1.14 bits per heavy atom. The lowest BCUT2D eigenvalue weighted by molar-refractivity contribution is 0.0425. The molecule has 0 atom stereocenters. The van der Waals surface area contributed by atoms with Gasteiger partial charge in [0.15, 0.2) is 11.6 Å². The van der Waals surface area contributed by atoms with Gasteiger partial charge in [-0.05, 0) is 57.6 Å². The van der Waals surface area contributed by atoms with Crippen LogP contribution in [0.5, 0.6) is 0 Å². The molecule has 0 unspecified atom stereocenters. The maximum Gasteiger partial charge on any atom is 0.346 e. The van der Waals surface area contributed by atoms with Crippen molar-refractivity contribution in [2.24, 2.45) is 0 Å². The van der Waals surface area contributed by atoms with Gasteiger partial charge in [-0.2, -0.15) is 0 Å². The van der Waals surface area contributed by atoms with Crippen molar-refractivity contribution in [3.8, 4) is 11.1 Å². The van der Waals surface area contributed by atoms with Crippen LogP contribution in [-0.2, 0) is 14.9 Å². The number of fused-ring (bicyclic) bond motifs is 5. The highest BCUT2D eigenvalue weighted by Crippen LogP contribution is 2.56. The maximum atomic E-state index is 13.6. The maximum absolute atomic E-state index is 13.6. The van der Waals surface area contributed by atoms with Gasteiger partial charge >= 0.3 is 23.9 Å². The van der Waals surface area contributed by atoms with E-state index < -0.39 is 29.3 Å². The summed E-state index contributed by atoms with van der Waals surface area (Å²) in [5.74, 6) is -3.64. The van der Waals surface area contributed by atoms with Crippen molar-refractivity contribution in [3.63, 3.8) is 0 Å². The fourth-order valence-electron chi connectivity index (χ4n) is 7.55. The molecular weight excluding hydrogens is 644 g/mol. The zero-order valence-electron chi connectivity index (χ0n) is 26.5. The summed E-state index contributed by atoms with van der Waals surface area (Å²) in [4.78, 5) is 75.4. The van der Waals surface area contributed by atoms with Gasteiger partial charge in [-0.1, -0.05) is 109 Å². The summed E-state index contributed by atoms with van der Waals surface area (Å²) in [6.45, 7) is 0. The van der Waals surface area contributed by atoms with Crippen LogP contribution < -0.4 is 0 Å². The minimum atomic E-state index is -0.814. The zero-order valence-corrected chi connectivity index (χ0v) is 26.5. The summed E-state index contributed by atoms with van der Waals surface area (Å²) < 4.78 is 9.37. The molecule has 8 heteroatoms. The predicted octanol–water partition coefficient (Wildman–Crippen LogP) is 7.13. The Morgan fingerprint density at radius 2 is 0.725 bits per heavy atom. The predicted molar refractivity (Wildman–Crippen MR) is 183 cm³/mol. The molecule has 242 valence electrons. The topological polar surface area (TPSA) is 121 Å². The summed E-state index contributed by atoms with van der Waals surface area (Å²) in [6.07, 6.45) is 0. The van der Waals surface area contributed by atoms with E-state index in [1.807, 2.05) is 48.5 Å². The van der Waals surface area contributed by atoms with Gasteiger partial charge in [0, 0.05) is 22.3 Å². The van der Waals surface area contributed by atoms with Crippen LogP contribution in [0.2, 0.25) is 0 Å². The van der Waals surface area contributed by atoms with Crippen molar-refractivity contribution in [1.82, 2.24) is 0 Å². The van der Waals surface area contributed by atoms with Gasteiger partial charge in [-0.3, -0.25) is 9.59 Å². The van der Waals surface area contributed by atoms with Gasteiger partial charge in [-0.25, -0.2) is 19.2 Å². The molecule has 0 saturated carbocycles. The van der Waals surface area contributed by atoms with E-state index in [1.54, 1.807) is 24.3 Å². The van der Waals surface area contributed by atoms with E-state index in [2.05, 4.69) is 33.7 Å². The summed E-state index contributed by atoms with van der Waals surface area (Å²) in [5, 5.41) is 0. The van der Waals surface area contributed by atoms with Crippen LogP contribution in [0.25, 0.3) is 11.1 Å². The molecule has 6 aromatic rings. The first-order chi connectivity index (χ1) is 24.8. The second-order valence-electron chi connectivity index (χ2n) is 12.5. The first-order valence-corrected chi connectivity index (χ1v) is 16.1. The van der Waals surface area contributed by atoms with Crippen LogP contribution in [-0.4, -0.2) is 35.4 Å². The van der Waals surface area contributed by atoms with E-state index in [0.29, 0.717) is 11.1 Å². The first kappa shape index (κ1) is 30.0. The molecule has 0 saturated heterocycles. The highest BCUT2D eigenvalue weighted by Gasteiger charge is 2.46. The molecule has 6 aromatic carbocycles. The van der Waals surface area contributed by atoms with Crippen LogP contribution >= 0.6 is 0 Å². The quantitative estimate of drug-likeness (QED) is 0.104. The average molecular weight is 667 g/mol. The van der Waals surface area contributed by atoms with Crippen molar-refractivity contribution < 1.29 is 38.2 Å². The lowest BCUT2D eigenvalue weighted by Crippen LogP contribution is -2.28. The highest BCUT2D eigenvalue weighted by atomic mass is 16.6. The fraction of sp³-hybridized carbons (Fsp3) is 0.0233. The zero-order chi connectivity index (χ0) is 35.0. The number of ether oxygens (including phenoxy) is 2. The molecule has 51 heavy (non-hydrogen) atoms. The second kappa shape index (κ2) is 11.0. The molecule has 8 nitrogen and oxygen atoms in total. The number of hydrogen-bond acceptors (Lipinski definition) is 8. The monoisotopic (exact) mass is 666 g/mol. The number of benzene rings is 6. The Hall–Kier alpha value is -7.06. The van der Waals surface area contributed by atoms with Crippen molar-refractivity contribution in [1.29, 1.82) is 0 Å². The molecule has 2 heterocycles. The molecule has 9 rings (SSSR count). The SMILES string of the molecule is O=C(c1ccc(C2(c3ccc(C(=O)c4ccc5c(c4)C(=O)OC5=O)cc3)c3ccccc3-c3ccccc32)cc1)c1ccc2c(c1)C(=O)OC2=O. The first-order valence-electron chi connectivity index (χ1n) is 16.1. The van der Waals surface area contributed by atoms with E-state index in [-0.39, 0.29) is 44.9 Å². The van der Waals surface area contributed by atoms with E-state index in [1.165, 1.54) is 36.4 Å². The van der Waals surface area contributed by atoms with E-state index in [4.69, 9.17) is 0 Å². The molecule has 0 amide bonds. The van der Waals surface area contributed by atoms with E-state index >= 15 is 0 Å². The van der Waals surface area contributed by atoms with Crippen LogP contribution in [0.4, 0.5) is 0 Å². The van der Waals surface area contributed by atoms with Crippen LogP contribution in [0.3, 0.4) is 0 Å². The summed E-state index contributed by atoms with van der Waals surface area (Å²) in [6, 6.07) is 39.6. The molecule has 2 aliphatic heterocycles. The van der Waals surface area contributed by atoms with Crippen LogP contribution in [0.1, 0.15) is 95.5 Å². The molecule has 0 radical (unpaired) electrons. The Labute approximate surface area is 289 Å². The lowest BCUT2D eigenvalue weighted by Gasteiger charge is -2.34. The van der Waals surface area contributed by atoms with E-state index in [0.717, 1.165) is 33.4 Å². The number of cyclic esters (lactones) is 4.